The van der Waals surface area contributed by atoms with Crippen LogP contribution in [-0.2, 0) is 16.3 Å². The number of aliphatic carboxylic acids is 1. The molecular formula is C29H31ClN2O4Si. The molecule has 4 rings (SSSR count). The second kappa shape index (κ2) is 11.4. The van der Waals surface area contributed by atoms with E-state index in [-0.39, 0.29) is 25.4 Å². The van der Waals surface area contributed by atoms with E-state index in [1.807, 2.05) is 42.5 Å². The Kier molecular flexibility index (Phi) is 8.27. The van der Waals surface area contributed by atoms with Gasteiger partial charge in [-0.2, -0.15) is 0 Å². The lowest BCUT2D eigenvalue weighted by Crippen LogP contribution is -2.22. The zero-order chi connectivity index (χ0) is 26.6. The number of ether oxygens (including phenoxy) is 1. The van der Waals surface area contributed by atoms with Gasteiger partial charge in [-0.3, -0.25) is 9.59 Å². The number of hydrogen-bond acceptors (Lipinski definition) is 4. The number of carbonyl (C=O) groups is 2. The third kappa shape index (κ3) is 6.74. The first-order valence-corrected chi connectivity index (χ1v) is 16.4. The summed E-state index contributed by atoms with van der Waals surface area (Å²) >= 11 is 6.71. The number of hydrogen-bond donors (Lipinski definition) is 1. The summed E-state index contributed by atoms with van der Waals surface area (Å²) in [5.41, 5.74) is 5.37. The van der Waals surface area contributed by atoms with Crippen LogP contribution in [0.2, 0.25) is 30.7 Å². The fourth-order valence-electron chi connectivity index (χ4n) is 4.06. The highest BCUT2D eigenvalue weighted by Crippen LogP contribution is 2.32. The molecule has 0 saturated carbocycles. The van der Waals surface area contributed by atoms with Crippen molar-refractivity contribution in [2.45, 2.75) is 45.3 Å². The Morgan fingerprint density at radius 3 is 2.24 bits per heavy atom. The van der Waals surface area contributed by atoms with Gasteiger partial charge in [-0.05, 0) is 29.3 Å². The number of pyridine rings is 1. The molecule has 0 unspecified atom stereocenters. The summed E-state index contributed by atoms with van der Waals surface area (Å²) < 4.78 is 7.70. The van der Waals surface area contributed by atoms with Crippen LogP contribution in [0, 0.1) is 0 Å². The van der Waals surface area contributed by atoms with Gasteiger partial charge in [0.2, 0.25) is 0 Å². The molecule has 192 valence electrons. The maximum Gasteiger partial charge on any atom is 0.303 e. The maximum absolute atomic E-state index is 12.9. The molecule has 8 heteroatoms. The van der Waals surface area contributed by atoms with Crippen molar-refractivity contribution < 1.29 is 19.4 Å². The van der Waals surface area contributed by atoms with Gasteiger partial charge in [-0.25, -0.2) is 4.98 Å². The van der Waals surface area contributed by atoms with Gasteiger partial charge in [0.15, 0.2) is 5.78 Å². The van der Waals surface area contributed by atoms with Crippen LogP contribution in [0.3, 0.4) is 0 Å². The Bertz CT molecular complexity index is 1410. The largest absolute Gasteiger partial charge is 0.481 e. The number of nitrogens with zero attached hydrogens (tertiary/aromatic N) is 2. The van der Waals surface area contributed by atoms with Crippen molar-refractivity contribution in [1.29, 1.82) is 0 Å². The molecule has 0 radical (unpaired) electrons. The van der Waals surface area contributed by atoms with Crippen molar-refractivity contribution in [3.05, 3.63) is 77.4 Å². The molecule has 0 fully saturated rings. The quantitative estimate of drug-likeness (QED) is 0.123. The molecule has 6 nitrogen and oxygen atoms in total. The Hall–Kier alpha value is -3.26. The summed E-state index contributed by atoms with van der Waals surface area (Å²) in [6.45, 7) is 7.59. The van der Waals surface area contributed by atoms with E-state index in [0.29, 0.717) is 34.1 Å². The number of ketones is 1. The molecule has 37 heavy (non-hydrogen) atoms. The molecule has 0 atom stereocenters. The molecule has 4 aromatic rings. The number of carboxylic acid groups (broad SMARTS) is 1. The van der Waals surface area contributed by atoms with Crippen LogP contribution in [0.4, 0.5) is 0 Å². The minimum atomic E-state index is -1.27. The maximum atomic E-state index is 12.9. The van der Waals surface area contributed by atoms with Crippen molar-refractivity contribution >= 4 is 42.5 Å². The van der Waals surface area contributed by atoms with Gasteiger partial charge < -0.3 is 14.4 Å². The van der Waals surface area contributed by atoms with Gasteiger partial charge in [0.1, 0.15) is 6.73 Å². The molecule has 0 aliphatic rings. The van der Waals surface area contributed by atoms with Crippen LogP contribution in [0.5, 0.6) is 0 Å². The Morgan fingerprint density at radius 2 is 1.59 bits per heavy atom. The third-order valence-corrected chi connectivity index (χ3v) is 8.17. The van der Waals surface area contributed by atoms with Gasteiger partial charge in [0.05, 0.1) is 33.9 Å². The molecular weight excluding hydrogens is 504 g/mol. The Morgan fingerprint density at radius 1 is 0.946 bits per heavy atom. The Balaban J connectivity index is 1.67. The van der Waals surface area contributed by atoms with Gasteiger partial charge in [0.25, 0.3) is 0 Å². The van der Waals surface area contributed by atoms with Gasteiger partial charge in [-0.15, -0.1) is 0 Å². The third-order valence-electron chi connectivity index (χ3n) is 6.17. The number of carbonyl (C=O) groups excluding carboxylic acids is 1. The highest BCUT2D eigenvalue weighted by Gasteiger charge is 2.20. The second-order valence-electron chi connectivity index (χ2n) is 10.3. The number of aromatic nitrogens is 2. The minimum Gasteiger partial charge on any atom is -0.481 e. The molecule has 0 aliphatic heterocycles. The fourth-order valence-corrected chi connectivity index (χ4v) is 5.07. The molecule has 2 aromatic carbocycles. The van der Waals surface area contributed by atoms with Crippen molar-refractivity contribution in [2.75, 3.05) is 6.61 Å². The van der Waals surface area contributed by atoms with Crippen LogP contribution in [-0.4, -0.2) is 41.1 Å². The van der Waals surface area contributed by atoms with E-state index in [4.69, 9.17) is 26.4 Å². The van der Waals surface area contributed by atoms with Crippen LogP contribution in [0.1, 0.15) is 23.3 Å². The first-order chi connectivity index (χ1) is 17.6. The summed E-state index contributed by atoms with van der Waals surface area (Å²) in [6.07, 6.45) is -0.327. The monoisotopic (exact) mass is 534 g/mol. The highest BCUT2D eigenvalue weighted by molar-refractivity contribution is 6.76. The summed E-state index contributed by atoms with van der Waals surface area (Å²) in [5.74, 6) is -1.27. The predicted molar refractivity (Wildman–Crippen MR) is 151 cm³/mol. The minimum absolute atomic E-state index is 0.0951. The van der Waals surface area contributed by atoms with Crippen molar-refractivity contribution in [1.82, 2.24) is 9.55 Å². The predicted octanol–water partition coefficient (Wildman–Crippen LogP) is 7.38. The van der Waals surface area contributed by atoms with E-state index < -0.39 is 14.0 Å². The lowest BCUT2D eigenvalue weighted by molar-refractivity contribution is -0.136. The molecule has 2 heterocycles. The van der Waals surface area contributed by atoms with E-state index in [1.165, 1.54) is 0 Å². The highest BCUT2D eigenvalue weighted by atomic mass is 35.5. The molecule has 2 aromatic heterocycles. The van der Waals surface area contributed by atoms with E-state index in [0.717, 1.165) is 22.7 Å². The first kappa shape index (κ1) is 26.8. The van der Waals surface area contributed by atoms with Crippen LogP contribution >= 0.6 is 11.6 Å². The SMILES string of the molecule is C[Si](C)(C)CCOCn1c(C(=O)CCC(=O)O)cc2nc(-c3ccc(-c4ccccc4)cc3)c(Cl)cc21. The fraction of sp³-hybridized carbons (Fsp3) is 0.276. The van der Waals surface area contributed by atoms with Crippen LogP contribution in [0.25, 0.3) is 33.4 Å². The van der Waals surface area contributed by atoms with Gasteiger partial charge in [-0.1, -0.05) is 85.8 Å². The number of halogens is 1. The second-order valence-corrected chi connectivity index (χ2v) is 16.3. The number of carboxylic acids is 1. The van der Waals surface area contributed by atoms with Crippen molar-refractivity contribution in [3.63, 3.8) is 0 Å². The summed E-state index contributed by atoms with van der Waals surface area (Å²) in [7, 11) is -1.27. The summed E-state index contributed by atoms with van der Waals surface area (Å²) in [6, 6.07) is 22.7. The van der Waals surface area contributed by atoms with Gasteiger partial charge in [0, 0.05) is 26.7 Å². The normalized spacial score (nSPS) is 11.7. The van der Waals surface area contributed by atoms with Crippen molar-refractivity contribution in [2.24, 2.45) is 0 Å². The zero-order valence-electron chi connectivity index (χ0n) is 21.3. The standard InChI is InChI=1S/C29H31ClN2O4Si/c1-37(2,3)16-15-36-19-32-25-17-23(30)29(31-24(25)18-26(32)27(33)13-14-28(34)35)22-11-9-21(10-12-22)20-7-5-4-6-8-20/h4-12,17-18H,13-16,19H2,1-3H3,(H,34,35). The zero-order valence-corrected chi connectivity index (χ0v) is 23.1. The summed E-state index contributed by atoms with van der Waals surface area (Å²) in [5, 5.41) is 9.51. The Labute approximate surface area is 222 Å². The molecule has 0 spiro atoms. The molecule has 0 saturated heterocycles. The van der Waals surface area contributed by atoms with Crippen LogP contribution < -0.4 is 0 Å². The topological polar surface area (TPSA) is 81.4 Å². The molecule has 0 bridgehead atoms. The smallest absolute Gasteiger partial charge is 0.303 e. The lowest BCUT2D eigenvalue weighted by atomic mass is 10.0. The number of benzene rings is 2. The van der Waals surface area contributed by atoms with Crippen LogP contribution in [0.15, 0.2) is 66.7 Å². The summed E-state index contributed by atoms with van der Waals surface area (Å²) in [4.78, 5) is 28.8. The number of rotatable bonds is 11. The average molecular weight is 535 g/mol. The van der Waals surface area contributed by atoms with E-state index in [2.05, 4.69) is 31.8 Å². The lowest BCUT2D eigenvalue weighted by Gasteiger charge is -2.16. The first-order valence-electron chi connectivity index (χ1n) is 12.3. The van der Waals surface area contributed by atoms with E-state index in [1.54, 1.807) is 16.7 Å². The molecule has 0 aliphatic carbocycles. The number of Topliss-reactive ketones (excluding diaryl/α,β-unsaturated/α-hetero) is 1. The van der Waals surface area contributed by atoms with E-state index in [9.17, 15) is 9.59 Å². The van der Waals surface area contributed by atoms with Gasteiger partial charge >= 0.3 is 5.97 Å². The average Bonchev–Trinajstić information content (AvgIpc) is 3.22. The van der Waals surface area contributed by atoms with E-state index >= 15 is 0 Å². The van der Waals surface area contributed by atoms with Crippen molar-refractivity contribution in [3.8, 4) is 22.4 Å². The molecule has 1 N–H and O–H groups in total. The molecule has 0 amide bonds. The number of fused-ring (bicyclic) bond motifs is 1.